The Morgan fingerprint density at radius 1 is 1.37 bits per heavy atom. The zero-order chi connectivity index (χ0) is 17.6. The van der Waals surface area contributed by atoms with Gasteiger partial charge < -0.3 is 11.1 Å². The molecule has 1 aromatic carbocycles. The summed E-state index contributed by atoms with van der Waals surface area (Å²) < 4.78 is 0. The highest BCUT2D eigenvalue weighted by atomic mass is 35.5. The second-order valence-electron chi connectivity index (χ2n) is 6.90. The van der Waals surface area contributed by atoms with E-state index in [-0.39, 0.29) is 43.2 Å². The molecule has 27 heavy (non-hydrogen) atoms. The molecular weight excluding hydrogens is 403 g/mol. The van der Waals surface area contributed by atoms with Crippen LogP contribution in [0, 0.1) is 5.92 Å². The molecule has 1 aromatic heterocycles. The number of nitrogens with two attached hydrogens (primary N) is 1. The van der Waals surface area contributed by atoms with Crippen LogP contribution < -0.4 is 11.1 Å². The van der Waals surface area contributed by atoms with E-state index >= 15 is 0 Å². The van der Waals surface area contributed by atoms with E-state index in [2.05, 4.69) is 22.1 Å². The first-order valence-corrected chi connectivity index (χ1v) is 9.75. The monoisotopic (exact) mass is 430 g/mol. The lowest BCUT2D eigenvalue weighted by Gasteiger charge is -2.30. The molecule has 8 heteroatoms. The average molecular weight is 431 g/mol. The molecule has 1 aliphatic heterocycles. The largest absolute Gasteiger partial charge is 0.324 e. The molecule has 0 saturated carbocycles. The fourth-order valence-electron chi connectivity index (χ4n) is 3.28. The van der Waals surface area contributed by atoms with Gasteiger partial charge in [0.2, 0.25) is 5.91 Å². The van der Waals surface area contributed by atoms with Crippen molar-refractivity contribution in [2.75, 3.05) is 18.4 Å². The van der Waals surface area contributed by atoms with Crippen LogP contribution in [0.15, 0.2) is 35.7 Å². The van der Waals surface area contributed by atoms with Crippen LogP contribution in [-0.4, -0.2) is 28.9 Å². The lowest BCUT2D eigenvalue weighted by atomic mass is 10.0. The lowest BCUT2D eigenvalue weighted by Crippen LogP contribution is -2.33. The van der Waals surface area contributed by atoms with Crippen molar-refractivity contribution in [3.8, 4) is 0 Å². The Balaban J connectivity index is 0.00000182. The van der Waals surface area contributed by atoms with Gasteiger partial charge in [-0.3, -0.25) is 9.69 Å². The highest BCUT2D eigenvalue weighted by Gasteiger charge is 2.18. The summed E-state index contributed by atoms with van der Waals surface area (Å²) in [5.74, 6) is 0.662. The quantitative estimate of drug-likeness (QED) is 0.718. The number of piperidine rings is 1. The van der Waals surface area contributed by atoms with Gasteiger partial charge in [-0.1, -0.05) is 37.3 Å². The number of carbonyl (C=O) groups excluding carboxylic acids is 1. The fourth-order valence-corrected chi connectivity index (χ4v) is 4.00. The van der Waals surface area contributed by atoms with Crippen molar-refractivity contribution < 1.29 is 4.79 Å². The van der Waals surface area contributed by atoms with Crippen LogP contribution in [0.4, 0.5) is 5.13 Å². The van der Waals surface area contributed by atoms with Crippen LogP contribution in [0.3, 0.4) is 0 Å². The number of anilines is 1. The van der Waals surface area contributed by atoms with Gasteiger partial charge in [0.25, 0.3) is 0 Å². The van der Waals surface area contributed by atoms with Gasteiger partial charge in [0.15, 0.2) is 5.13 Å². The van der Waals surface area contributed by atoms with E-state index in [1.165, 1.54) is 24.2 Å². The SMILES string of the molecule is CC1CCCN(Cc2csc(NC(=O)CC(N)c3ccccc3)n2)C1.Cl.Cl. The van der Waals surface area contributed by atoms with Crippen molar-refractivity contribution in [3.63, 3.8) is 0 Å². The number of likely N-dealkylation sites (tertiary alicyclic amines) is 1. The van der Waals surface area contributed by atoms with Crippen molar-refractivity contribution >= 4 is 47.2 Å². The number of aromatic nitrogens is 1. The second kappa shape index (κ2) is 11.6. The molecule has 3 rings (SSSR count). The molecule has 3 N–H and O–H groups in total. The number of hydrogen-bond donors (Lipinski definition) is 2. The normalized spacial score (nSPS) is 18.1. The molecule has 0 aliphatic carbocycles. The number of hydrogen-bond acceptors (Lipinski definition) is 5. The summed E-state index contributed by atoms with van der Waals surface area (Å²) in [5.41, 5.74) is 8.11. The van der Waals surface area contributed by atoms with E-state index in [0.29, 0.717) is 5.13 Å². The number of rotatable bonds is 6. The van der Waals surface area contributed by atoms with E-state index in [4.69, 9.17) is 5.73 Å². The van der Waals surface area contributed by atoms with Gasteiger partial charge in [-0.2, -0.15) is 0 Å². The zero-order valence-corrected chi connectivity index (χ0v) is 17.9. The van der Waals surface area contributed by atoms with E-state index in [1.54, 1.807) is 0 Å². The summed E-state index contributed by atoms with van der Waals surface area (Å²) in [6, 6.07) is 9.40. The molecule has 2 aromatic rings. The molecule has 0 spiro atoms. The highest BCUT2D eigenvalue weighted by Crippen LogP contribution is 2.21. The molecule has 1 aliphatic rings. The average Bonchev–Trinajstić information content (AvgIpc) is 3.02. The van der Waals surface area contributed by atoms with Crippen LogP contribution >= 0.6 is 36.2 Å². The van der Waals surface area contributed by atoms with E-state index in [9.17, 15) is 4.79 Å². The molecule has 2 heterocycles. The van der Waals surface area contributed by atoms with Crippen molar-refractivity contribution in [1.29, 1.82) is 0 Å². The number of thiazole rings is 1. The summed E-state index contributed by atoms with van der Waals surface area (Å²) in [6.45, 7) is 5.43. The van der Waals surface area contributed by atoms with Gasteiger partial charge in [0.05, 0.1) is 5.69 Å². The van der Waals surface area contributed by atoms with Gasteiger partial charge in [0, 0.05) is 30.9 Å². The number of amides is 1. The number of carbonyl (C=O) groups is 1. The first-order chi connectivity index (χ1) is 12.1. The van der Waals surface area contributed by atoms with E-state index in [0.717, 1.165) is 36.8 Å². The minimum absolute atomic E-state index is 0. The number of halogens is 2. The highest BCUT2D eigenvalue weighted by molar-refractivity contribution is 7.13. The predicted molar refractivity (Wildman–Crippen MR) is 117 cm³/mol. The Labute approximate surface area is 177 Å². The third-order valence-electron chi connectivity index (χ3n) is 4.56. The van der Waals surface area contributed by atoms with Crippen LogP contribution in [-0.2, 0) is 11.3 Å². The molecule has 150 valence electrons. The van der Waals surface area contributed by atoms with E-state index in [1.807, 2.05) is 35.7 Å². The smallest absolute Gasteiger partial charge is 0.228 e. The van der Waals surface area contributed by atoms with Gasteiger partial charge in [-0.05, 0) is 30.9 Å². The molecule has 0 bridgehead atoms. The summed E-state index contributed by atoms with van der Waals surface area (Å²) >= 11 is 1.48. The maximum atomic E-state index is 12.2. The van der Waals surface area contributed by atoms with Crippen LogP contribution in [0.1, 0.15) is 43.5 Å². The van der Waals surface area contributed by atoms with Gasteiger partial charge >= 0.3 is 0 Å². The van der Waals surface area contributed by atoms with Gasteiger partial charge in [-0.25, -0.2) is 4.98 Å². The molecule has 0 radical (unpaired) electrons. The second-order valence-corrected chi connectivity index (χ2v) is 7.75. The Morgan fingerprint density at radius 2 is 2.11 bits per heavy atom. The number of benzene rings is 1. The molecular formula is C19H28Cl2N4OS. The third-order valence-corrected chi connectivity index (χ3v) is 5.36. The van der Waals surface area contributed by atoms with Crippen molar-refractivity contribution in [3.05, 3.63) is 47.0 Å². The third kappa shape index (κ3) is 7.39. The molecule has 1 fully saturated rings. The summed E-state index contributed by atoms with van der Waals surface area (Å²) in [6.07, 6.45) is 2.82. The fraction of sp³-hybridized carbons (Fsp3) is 0.474. The van der Waals surface area contributed by atoms with Crippen molar-refractivity contribution in [2.45, 2.75) is 38.8 Å². The molecule has 1 saturated heterocycles. The zero-order valence-electron chi connectivity index (χ0n) is 15.5. The summed E-state index contributed by atoms with van der Waals surface area (Å²) in [5, 5.41) is 5.57. The Morgan fingerprint density at radius 3 is 2.81 bits per heavy atom. The lowest BCUT2D eigenvalue weighted by molar-refractivity contribution is -0.116. The maximum Gasteiger partial charge on any atom is 0.228 e. The summed E-state index contributed by atoms with van der Waals surface area (Å²) in [7, 11) is 0. The van der Waals surface area contributed by atoms with E-state index < -0.39 is 0 Å². The first kappa shape index (κ1) is 23.9. The molecule has 5 nitrogen and oxygen atoms in total. The first-order valence-electron chi connectivity index (χ1n) is 8.87. The Kier molecular flexibility index (Phi) is 10.3. The molecule has 1 amide bonds. The Hall–Kier alpha value is -1.18. The van der Waals surface area contributed by atoms with Crippen LogP contribution in [0.2, 0.25) is 0 Å². The molecule has 2 unspecified atom stereocenters. The Bertz CT molecular complexity index is 698. The number of nitrogens with zero attached hydrogens (tertiary/aromatic N) is 2. The van der Waals surface area contributed by atoms with Crippen molar-refractivity contribution in [1.82, 2.24) is 9.88 Å². The standard InChI is InChI=1S/C19H26N4OS.2ClH/c1-14-6-5-9-23(11-14)12-16-13-25-19(21-16)22-18(24)10-17(20)15-7-3-2-4-8-15;;/h2-4,7-8,13-14,17H,5-6,9-12,20H2,1H3,(H,21,22,24);2*1H. The minimum Gasteiger partial charge on any atom is -0.324 e. The molecule has 2 atom stereocenters. The van der Waals surface area contributed by atoms with Crippen LogP contribution in [0.5, 0.6) is 0 Å². The van der Waals surface area contributed by atoms with Gasteiger partial charge in [-0.15, -0.1) is 36.2 Å². The summed E-state index contributed by atoms with van der Waals surface area (Å²) in [4.78, 5) is 19.2. The topological polar surface area (TPSA) is 71.2 Å². The van der Waals surface area contributed by atoms with Crippen LogP contribution in [0.25, 0.3) is 0 Å². The van der Waals surface area contributed by atoms with Gasteiger partial charge in [0.1, 0.15) is 0 Å². The maximum absolute atomic E-state index is 12.2. The minimum atomic E-state index is -0.296. The number of nitrogens with one attached hydrogen (secondary N) is 1. The predicted octanol–water partition coefficient (Wildman–Crippen LogP) is 4.25. The van der Waals surface area contributed by atoms with Crippen molar-refractivity contribution in [2.24, 2.45) is 11.7 Å².